The lowest BCUT2D eigenvalue weighted by atomic mass is 9.94. The summed E-state index contributed by atoms with van der Waals surface area (Å²) >= 11 is 0. The third-order valence-corrected chi connectivity index (χ3v) is 5.28. The van der Waals surface area contributed by atoms with E-state index < -0.39 is 0 Å². The molecule has 4 rings (SSSR count). The molecular formula is C23H25NO3. The molecule has 0 unspecified atom stereocenters. The van der Waals surface area contributed by atoms with Crippen LogP contribution in [-0.4, -0.2) is 44.2 Å². The van der Waals surface area contributed by atoms with Gasteiger partial charge < -0.3 is 14.4 Å². The molecule has 0 amide bonds. The first kappa shape index (κ1) is 17.8. The van der Waals surface area contributed by atoms with Crippen LogP contribution in [0.5, 0.6) is 5.75 Å². The van der Waals surface area contributed by atoms with Crippen molar-refractivity contribution in [3.05, 3.63) is 70.8 Å². The molecule has 0 radical (unpaired) electrons. The minimum atomic E-state index is -0.175. The number of carbonyl (C=O) groups excluding carboxylic acids is 1. The van der Waals surface area contributed by atoms with Gasteiger partial charge in [0.1, 0.15) is 5.75 Å². The Hall–Kier alpha value is -2.59. The molecular weight excluding hydrogens is 338 g/mol. The summed E-state index contributed by atoms with van der Waals surface area (Å²) in [6.45, 7) is 2.82. The molecule has 2 heterocycles. The Morgan fingerprint density at radius 2 is 2.00 bits per heavy atom. The van der Waals surface area contributed by atoms with Crippen LogP contribution in [0.3, 0.4) is 0 Å². The van der Waals surface area contributed by atoms with Crippen LogP contribution in [-0.2, 0) is 22.4 Å². The lowest BCUT2D eigenvalue weighted by molar-refractivity contribution is -0.139. The lowest BCUT2D eigenvalue weighted by Crippen LogP contribution is -2.30. The van der Waals surface area contributed by atoms with Gasteiger partial charge in [0.05, 0.1) is 13.2 Å². The second-order valence-electron chi connectivity index (χ2n) is 7.24. The third kappa shape index (κ3) is 4.06. The van der Waals surface area contributed by atoms with Crippen molar-refractivity contribution >= 4 is 11.5 Å². The largest absolute Gasteiger partial charge is 0.493 e. The van der Waals surface area contributed by atoms with Crippen LogP contribution in [0.2, 0.25) is 0 Å². The van der Waals surface area contributed by atoms with Gasteiger partial charge in [-0.1, -0.05) is 42.5 Å². The van der Waals surface area contributed by atoms with E-state index in [1.165, 1.54) is 11.1 Å². The van der Waals surface area contributed by atoms with Gasteiger partial charge in [-0.15, -0.1) is 0 Å². The maximum atomic E-state index is 12.7. The molecule has 140 valence electrons. The van der Waals surface area contributed by atoms with Gasteiger partial charge >= 0.3 is 5.97 Å². The molecule has 0 N–H and O–H groups in total. The number of nitrogens with zero attached hydrogens (tertiary/aromatic N) is 1. The van der Waals surface area contributed by atoms with Crippen LogP contribution in [0.25, 0.3) is 5.57 Å². The van der Waals surface area contributed by atoms with Gasteiger partial charge in [-0.25, -0.2) is 4.79 Å². The van der Waals surface area contributed by atoms with Crippen LogP contribution in [0.4, 0.5) is 0 Å². The van der Waals surface area contributed by atoms with Gasteiger partial charge in [0.2, 0.25) is 0 Å². The van der Waals surface area contributed by atoms with E-state index in [0.717, 1.165) is 61.4 Å². The predicted octanol–water partition coefficient (Wildman–Crippen LogP) is 3.50. The van der Waals surface area contributed by atoms with Crippen molar-refractivity contribution in [3.8, 4) is 5.75 Å². The zero-order valence-electron chi connectivity index (χ0n) is 15.7. The van der Waals surface area contributed by atoms with E-state index >= 15 is 0 Å². The van der Waals surface area contributed by atoms with Crippen LogP contribution >= 0.6 is 0 Å². The molecule has 2 aromatic rings. The first-order valence-electron chi connectivity index (χ1n) is 9.58. The number of fused-ring (bicyclic) bond motifs is 1. The lowest BCUT2D eigenvalue weighted by Gasteiger charge is -2.27. The molecule has 4 heteroatoms. The summed E-state index contributed by atoms with van der Waals surface area (Å²) in [6.07, 6.45) is 2.42. The Bertz CT molecular complexity index is 857. The van der Waals surface area contributed by atoms with Gasteiger partial charge in [0, 0.05) is 31.5 Å². The topological polar surface area (TPSA) is 38.8 Å². The van der Waals surface area contributed by atoms with Crippen LogP contribution in [0.1, 0.15) is 23.1 Å². The number of esters is 1. The second kappa shape index (κ2) is 7.97. The van der Waals surface area contributed by atoms with Crippen molar-refractivity contribution in [1.82, 2.24) is 4.90 Å². The smallest absolute Gasteiger partial charge is 0.334 e. The Morgan fingerprint density at radius 1 is 1.15 bits per heavy atom. The maximum Gasteiger partial charge on any atom is 0.334 e. The van der Waals surface area contributed by atoms with E-state index in [9.17, 15) is 4.79 Å². The SMILES string of the molecule is CN1CCC(C(=O)OCCc2ccc3c(c2)CCO3)=C(c2ccccc2)C1. The number of ether oxygens (including phenoxy) is 2. The maximum absolute atomic E-state index is 12.7. The number of hydrogen-bond acceptors (Lipinski definition) is 4. The summed E-state index contributed by atoms with van der Waals surface area (Å²) in [5.74, 6) is 0.811. The summed E-state index contributed by atoms with van der Waals surface area (Å²) in [6, 6.07) is 16.4. The molecule has 0 bridgehead atoms. The molecule has 4 nitrogen and oxygen atoms in total. The Balaban J connectivity index is 1.43. The van der Waals surface area contributed by atoms with E-state index in [-0.39, 0.29) is 5.97 Å². The highest BCUT2D eigenvalue weighted by Gasteiger charge is 2.23. The van der Waals surface area contributed by atoms with Crippen molar-refractivity contribution < 1.29 is 14.3 Å². The molecule has 0 fully saturated rings. The molecule has 0 atom stereocenters. The zero-order chi connectivity index (χ0) is 18.6. The number of hydrogen-bond donors (Lipinski definition) is 0. The highest BCUT2D eigenvalue weighted by Crippen LogP contribution is 2.28. The van der Waals surface area contributed by atoms with Crippen LogP contribution < -0.4 is 4.74 Å². The fraction of sp³-hybridized carbons (Fsp3) is 0.348. The summed E-state index contributed by atoms with van der Waals surface area (Å²) in [5.41, 5.74) is 5.45. The summed E-state index contributed by atoms with van der Waals surface area (Å²) < 4.78 is 11.2. The van der Waals surface area contributed by atoms with Crippen molar-refractivity contribution in [2.45, 2.75) is 19.3 Å². The fourth-order valence-electron chi connectivity index (χ4n) is 3.77. The van der Waals surface area contributed by atoms with Gasteiger partial charge in [-0.2, -0.15) is 0 Å². The normalized spacial score (nSPS) is 16.8. The van der Waals surface area contributed by atoms with E-state index in [2.05, 4.69) is 36.2 Å². The Morgan fingerprint density at radius 3 is 2.85 bits per heavy atom. The number of carbonyl (C=O) groups is 1. The predicted molar refractivity (Wildman–Crippen MR) is 106 cm³/mol. The van der Waals surface area contributed by atoms with Crippen LogP contribution in [0.15, 0.2) is 54.1 Å². The molecule has 0 saturated carbocycles. The molecule has 2 aliphatic heterocycles. The second-order valence-corrected chi connectivity index (χ2v) is 7.24. The average molecular weight is 363 g/mol. The molecule has 2 aromatic carbocycles. The van der Waals surface area contributed by atoms with E-state index in [1.807, 2.05) is 24.3 Å². The highest BCUT2D eigenvalue weighted by molar-refractivity contribution is 5.98. The Labute approximate surface area is 160 Å². The van der Waals surface area contributed by atoms with E-state index in [0.29, 0.717) is 6.61 Å². The summed E-state index contributed by atoms with van der Waals surface area (Å²) in [5, 5.41) is 0. The van der Waals surface area contributed by atoms with Gasteiger partial charge in [-0.05, 0) is 41.8 Å². The minimum Gasteiger partial charge on any atom is -0.493 e. The first-order valence-corrected chi connectivity index (χ1v) is 9.58. The number of rotatable bonds is 5. The van der Waals surface area contributed by atoms with E-state index in [1.54, 1.807) is 0 Å². The van der Waals surface area contributed by atoms with Crippen molar-refractivity contribution in [2.24, 2.45) is 0 Å². The fourth-order valence-corrected chi connectivity index (χ4v) is 3.77. The summed E-state index contributed by atoms with van der Waals surface area (Å²) in [4.78, 5) is 15.0. The molecule has 27 heavy (non-hydrogen) atoms. The molecule has 0 saturated heterocycles. The average Bonchev–Trinajstić information content (AvgIpc) is 3.16. The first-order chi connectivity index (χ1) is 13.2. The molecule has 0 spiro atoms. The van der Waals surface area contributed by atoms with Gasteiger partial charge in [0.25, 0.3) is 0 Å². The van der Waals surface area contributed by atoms with Crippen molar-refractivity contribution in [3.63, 3.8) is 0 Å². The monoisotopic (exact) mass is 363 g/mol. The zero-order valence-corrected chi connectivity index (χ0v) is 15.7. The Kier molecular flexibility index (Phi) is 5.26. The summed E-state index contributed by atoms with van der Waals surface area (Å²) in [7, 11) is 2.09. The van der Waals surface area contributed by atoms with Crippen molar-refractivity contribution in [2.75, 3.05) is 33.4 Å². The quantitative estimate of drug-likeness (QED) is 0.762. The standard InChI is InChI=1S/C23H25NO3/c1-24-12-9-20(21(16-24)18-5-3-2-4-6-18)23(25)27-13-10-17-7-8-22-19(15-17)11-14-26-22/h2-8,15H,9-14,16H2,1H3. The van der Waals surface area contributed by atoms with E-state index in [4.69, 9.17) is 9.47 Å². The minimum absolute atomic E-state index is 0.175. The van der Waals surface area contributed by atoms with Crippen molar-refractivity contribution in [1.29, 1.82) is 0 Å². The molecule has 2 aliphatic rings. The molecule has 0 aromatic heterocycles. The van der Waals surface area contributed by atoms with Gasteiger partial charge in [0.15, 0.2) is 0 Å². The van der Waals surface area contributed by atoms with Crippen LogP contribution in [0, 0.1) is 0 Å². The highest BCUT2D eigenvalue weighted by atomic mass is 16.5. The number of benzene rings is 2. The number of likely N-dealkylation sites (N-methyl/N-ethyl adjacent to an activating group) is 1. The molecule has 0 aliphatic carbocycles. The third-order valence-electron chi connectivity index (χ3n) is 5.28. The van der Waals surface area contributed by atoms with Gasteiger partial charge in [-0.3, -0.25) is 0 Å².